The van der Waals surface area contributed by atoms with E-state index in [0.29, 0.717) is 0 Å². The van der Waals surface area contributed by atoms with Gasteiger partial charge in [0.05, 0.1) is 0 Å². The van der Waals surface area contributed by atoms with E-state index < -0.39 is 8.07 Å². The molecule has 0 bridgehead atoms. The summed E-state index contributed by atoms with van der Waals surface area (Å²) in [5, 5.41) is 4.34. The molecule has 3 aromatic rings. The van der Waals surface area contributed by atoms with Gasteiger partial charge < -0.3 is 4.90 Å². The second kappa shape index (κ2) is 6.43. The molecule has 0 aliphatic heterocycles. The third-order valence-electron chi connectivity index (χ3n) is 4.66. The molecule has 0 radical (unpaired) electrons. The van der Waals surface area contributed by atoms with E-state index in [0.717, 1.165) is 0 Å². The molecule has 1 nitrogen and oxygen atoms in total. The van der Waals surface area contributed by atoms with Crippen LogP contribution in [0.2, 0.25) is 6.55 Å². The molecule has 2 heteroatoms. The Balaban J connectivity index is 2.16. The SMILES string of the molecule is CN(C)c1ccc([Si](C)(c2ccccc2)c2ccccc2)cc1. The predicted octanol–water partition coefficient (Wildman–Crippen LogP) is 2.85. The smallest absolute Gasteiger partial charge is 0.145 e. The summed E-state index contributed by atoms with van der Waals surface area (Å²) in [5.74, 6) is 0. The maximum atomic E-state index is 2.45. The Morgan fingerprint density at radius 1 is 0.565 bits per heavy atom. The second-order valence-electron chi connectivity index (χ2n) is 6.30. The highest BCUT2D eigenvalue weighted by Gasteiger charge is 2.33. The molecular weight excluding hydrogens is 294 g/mol. The Morgan fingerprint density at radius 2 is 0.957 bits per heavy atom. The molecule has 0 amide bonds. The largest absolute Gasteiger partial charge is 0.378 e. The topological polar surface area (TPSA) is 3.24 Å². The summed E-state index contributed by atoms with van der Waals surface area (Å²) >= 11 is 0. The molecule has 0 fully saturated rings. The fraction of sp³-hybridized carbons (Fsp3) is 0.143. The first-order valence-corrected chi connectivity index (χ1v) is 10.5. The summed E-state index contributed by atoms with van der Waals surface area (Å²) in [6.45, 7) is 2.45. The Hall–Kier alpha value is -2.32. The summed E-state index contributed by atoms with van der Waals surface area (Å²) < 4.78 is 0. The molecule has 116 valence electrons. The zero-order valence-electron chi connectivity index (χ0n) is 14.0. The molecule has 23 heavy (non-hydrogen) atoms. The third kappa shape index (κ3) is 2.95. The molecule has 0 aliphatic rings. The van der Waals surface area contributed by atoms with E-state index in [2.05, 4.69) is 110 Å². The molecule has 0 saturated heterocycles. The zero-order valence-corrected chi connectivity index (χ0v) is 15.0. The highest BCUT2D eigenvalue weighted by molar-refractivity contribution is 7.10. The highest BCUT2D eigenvalue weighted by atomic mass is 28.3. The van der Waals surface area contributed by atoms with Crippen LogP contribution in [0.15, 0.2) is 84.9 Å². The predicted molar refractivity (Wildman–Crippen MR) is 104 cm³/mol. The molecule has 3 rings (SSSR count). The number of rotatable bonds is 4. The molecule has 0 atom stereocenters. The van der Waals surface area contributed by atoms with Gasteiger partial charge in [-0.25, -0.2) is 0 Å². The van der Waals surface area contributed by atoms with E-state index in [4.69, 9.17) is 0 Å². The minimum absolute atomic E-state index is 1.24. The molecule has 3 aromatic carbocycles. The van der Waals surface area contributed by atoms with Crippen LogP contribution in [0.5, 0.6) is 0 Å². The first kappa shape index (κ1) is 15.6. The highest BCUT2D eigenvalue weighted by Crippen LogP contribution is 2.12. The van der Waals surface area contributed by atoms with Gasteiger partial charge >= 0.3 is 0 Å². The summed E-state index contributed by atoms with van der Waals surface area (Å²) in [6.07, 6.45) is 0. The van der Waals surface area contributed by atoms with Crippen molar-refractivity contribution in [2.75, 3.05) is 19.0 Å². The molecular formula is C21H23NSi. The van der Waals surface area contributed by atoms with Gasteiger partial charge in [0.15, 0.2) is 0 Å². The standard InChI is InChI=1S/C21H23NSi/c1-22(2)18-14-16-21(17-15-18)23(3,19-10-6-4-7-11-19)20-12-8-5-9-13-20/h4-17H,1-3H3. The van der Waals surface area contributed by atoms with Crippen LogP contribution in [-0.4, -0.2) is 22.2 Å². The van der Waals surface area contributed by atoms with E-state index in [-0.39, 0.29) is 0 Å². The Bertz CT molecular complexity index is 709. The van der Waals surface area contributed by atoms with Gasteiger partial charge in [-0.15, -0.1) is 0 Å². The van der Waals surface area contributed by atoms with Crippen LogP contribution in [0.4, 0.5) is 5.69 Å². The first-order chi connectivity index (χ1) is 11.1. The van der Waals surface area contributed by atoms with E-state index in [9.17, 15) is 0 Å². The lowest BCUT2D eigenvalue weighted by Gasteiger charge is -2.30. The lowest BCUT2D eigenvalue weighted by molar-refractivity contribution is 1.13. The van der Waals surface area contributed by atoms with Crippen molar-refractivity contribution >= 4 is 29.3 Å². The van der Waals surface area contributed by atoms with Gasteiger partial charge in [-0.1, -0.05) is 79.3 Å². The average Bonchev–Trinajstić information content (AvgIpc) is 2.62. The van der Waals surface area contributed by atoms with Crippen LogP contribution in [0.25, 0.3) is 0 Å². The van der Waals surface area contributed by atoms with Crippen LogP contribution in [0.1, 0.15) is 0 Å². The number of anilines is 1. The fourth-order valence-corrected chi connectivity index (χ4v) is 6.69. The number of hydrogen-bond acceptors (Lipinski definition) is 1. The fourth-order valence-electron chi connectivity index (χ4n) is 3.14. The van der Waals surface area contributed by atoms with E-state index in [1.807, 2.05) is 0 Å². The van der Waals surface area contributed by atoms with Crippen molar-refractivity contribution in [1.29, 1.82) is 0 Å². The van der Waals surface area contributed by atoms with Crippen LogP contribution >= 0.6 is 0 Å². The lowest BCUT2D eigenvalue weighted by Crippen LogP contribution is -2.64. The minimum atomic E-state index is -1.95. The summed E-state index contributed by atoms with van der Waals surface area (Å²) in [7, 11) is 2.21. The first-order valence-electron chi connectivity index (χ1n) is 8.01. The van der Waals surface area contributed by atoms with Gasteiger partial charge in [-0.2, -0.15) is 0 Å². The molecule has 0 aromatic heterocycles. The monoisotopic (exact) mass is 317 g/mol. The number of benzene rings is 3. The molecule has 0 saturated carbocycles. The van der Waals surface area contributed by atoms with Crippen molar-refractivity contribution < 1.29 is 0 Å². The van der Waals surface area contributed by atoms with Crippen LogP contribution in [-0.2, 0) is 0 Å². The maximum absolute atomic E-state index is 2.45. The van der Waals surface area contributed by atoms with Gasteiger partial charge in [-0.3, -0.25) is 0 Å². The Labute approximate surface area is 140 Å². The van der Waals surface area contributed by atoms with Gasteiger partial charge in [0.25, 0.3) is 0 Å². The number of nitrogens with zero attached hydrogens (tertiary/aromatic N) is 1. The van der Waals surface area contributed by atoms with Crippen molar-refractivity contribution in [2.24, 2.45) is 0 Å². The maximum Gasteiger partial charge on any atom is 0.145 e. The van der Waals surface area contributed by atoms with Crippen molar-refractivity contribution in [1.82, 2.24) is 0 Å². The molecule has 0 aliphatic carbocycles. The van der Waals surface area contributed by atoms with Gasteiger partial charge in [0.1, 0.15) is 8.07 Å². The van der Waals surface area contributed by atoms with E-state index in [1.165, 1.54) is 21.2 Å². The summed E-state index contributed by atoms with van der Waals surface area (Å²) in [5.41, 5.74) is 1.24. The number of hydrogen-bond donors (Lipinski definition) is 0. The van der Waals surface area contributed by atoms with Gasteiger partial charge in [0.2, 0.25) is 0 Å². The third-order valence-corrected chi connectivity index (χ3v) is 9.13. The van der Waals surface area contributed by atoms with Crippen molar-refractivity contribution in [3.8, 4) is 0 Å². The summed E-state index contributed by atoms with van der Waals surface area (Å²) in [6, 6.07) is 31.0. The summed E-state index contributed by atoms with van der Waals surface area (Å²) in [4.78, 5) is 2.15. The van der Waals surface area contributed by atoms with Gasteiger partial charge in [0, 0.05) is 19.8 Å². The van der Waals surface area contributed by atoms with Crippen molar-refractivity contribution in [3.63, 3.8) is 0 Å². The molecule has 0 spiro atoms. The van der Waals surface area contributed by atoms with Crippen molar-refractivity contribution in [2.45, 2.75) is 6.55 Å². The lowest BCUT2D eigenvalue weighted by atomic mass is 10.3. The molecule has 0 unspecified atom stereocenters. The average molecular weight is 318 g/mol. The zero-order chi connectivity index (χ0) is 16.3. The minimum Gasteiger partial charge on any atom is -0.378 e. The Morgan fingerprint density at radius 3 is 1.35 bits per heavy atom. The van der Waals surface area contributed by atoms with E-state index in [1.54, 1.807) is 0 Å². The Kier molecular flexibility index (Phi) is 4.35. The second-order valence-corrected chi connectivity index (χ2v) is 10.3. The van der Waals surface area contributed by atoms with E-state index >= 15 is 0 Å². The van der Waals surface area contributed by atoms with Crippen LogP contribution in [0, 0.1) is 0 Å². The molecule has 0 N–H and O–H groups in total. The normalized spacial score (nSPS) is 11.3. The van der Waals surface area contributed by atoms with Crippen LogP contribution < -0.4 is 20.5 Å². The van der Waals surface area contributed by atoms with Gasteiger partial charge in [-0.05, 0) is 27.7 Å². The van der Waals surface area contributed by atoms with Crippen LogP contribution in [0.3, 0.4) is 0 Å². The van der Waals surface area contributed by atoms with Crippen molar-refractivity contribution in [3.05, 3.63) is 84.9 Å². The quantitative estimate of drug-likeness (QED) is 0.528. The molecule has 0 heterocycles.